The largest absolute Gasteiger partial charge is 0.507 e. The van der Waals surface area contributed by atoms with Crippen LogP contribution in [0.1, 0.15) is 33.9 Å². The van der Waals surface area contributed by atoms with Crippen LogP contribution < -0.4 is 9.64 Å². The Hall–Kier alpha value is -3.64. The topological polar surface area (TPSA) is 79.7 Å². The van der Waals surface area contributed by atoms with E-state index in [9.17, 15) is 14.7 Å². The van der Waals surface area contributed by atoms with Gasteiger partial charge in [-0.05, 0) is 73.4 Å². The van der Waals surface area contributed by atoms with Crippen molar-refractivity contribution in [1.82, 2.24) is 4.98 Å². The molecule has 6 nitrogen and oxygen atoms in total. The van der Waals surface area contributed by atoms with Crippen molar-refractivity contribution in [2.45, 2.75) is 26.8 Å². The average Bonchev–Trinajstić information content (AvgIpc) is 3.06. The maximum Gasteiger partial charge on any atom is 0.300 e. The molecule has 3 aromatic rings. The minimum absolute atomic E-state index is 0.0351. The lowest BCUT2D eigenvalue weighted by Gasteiger charge is -2.27. The molecular formula is C26H23ClN2O4. The number of halogens is 1. The predicted molar refractivity (Wildman–Crippen MR) is 128 cm³/mol. The number of aliphatic hydroxyl groups excluding tert-OH is 1. The van der Waals surface area contributed by atoms with Crippen LogP contribution in [-0.2, 0) is 9.59 Å². The summed E-state index contributed by atoms with van der Waals surface area (Å²) < 4.78 is 5.42. The molecule has 4 rings (SSSR count). The molecule has 33 heavy (non-hydrogen) atoms. The molecule has 1 unspecified atom stereocenters. The molecule has 0 radical (unpaired) electrons. The number of amides is 1. The zero-order valence-electron chi connectivity index (χ0n) is 18.7. The van der Waals surface area contributed by atoms with Crippen LogP contribution in [0, 0.1) is 20.8 Å². The Morgan fingerprint density at radius 1 is 1.09 bits per heavy atom. The number of aromatic nitrogens is 1. The van der Waals surface area contributed by atoms with Crippen molar-refractivity contribution in [1.29, 1.82) is 0 Å². The third-order valence-corrected chi connectivity index (χ3v) is 6.23. The van der Waals surface area contributed by atoms with Crippen LogP contribution in [0.15, 0.2) is 60.4 Å². The monoisotopic (exact) mass is 462 g/mol. The lowest BCUT2D eigenvalue weighted by Crippen LogP contribution is -2.30. The smallest absolute Gasteiger partial charge is 0.300 e. The summed E-state index contributed by atoms with van der Waals surface area (Å²) >= 11 is 6.34. The fraction of sp³-hybridized carbons (Fsp3) is 0.192. The Morgan fingerprint density at radius 3 is 2.45 bits per heavy atom. The van der Waals surface area contributed by atoms with Gasteiger partial charge < -0.3 is 9.84 Å². The van der Waals surface area contributed by atoms with Crippen LogP contribution in [0.2, 0.25) is 5.02 Å². The average molecular weight is 463 g/mol. The third kappa shape index (κ3) is 3.76. The molecule has 1 aliphatic rings. The maximum atomic E-state index is 13.4. The van der Waals surface area contributed by atoms with Crippen LogP contribution >= 0.6 is 11.6 Å². The highest BCUT2D eigenvalue weighted by Crippen LogP contribution is 2.45. The van der Waals surface area contributed by atoms with Gasteiger partial charge in [0.25, 0.3) is 11.7 Å². The van der Waals surface area contributed by atoms with E-state index in [4.69, 9.17) is 16.3 Å². The van der Waals surface area contributed by atoms with Crippen molar-refractivity contribution in [3.05, 3.63) is 93.3 Å². The molecule has 1 aliphatic heterocycles. The standard InChI is InChI=1S/C26H23ClN2O4/c1-14-12-18(25(33-4)19(27)13-14)23(30)21-22(17-8-10-28-11-9-17)29(26(32)24(21)31)20-7-5-6-15(2)16(20)3/h5-13,22,30H,1-4H3/b23-21+. The van der Waals surface area contributed by atoms with Gasteiger partial charge in [0.15, 0.2) is 0 Å². The van der Waals surface area contributed by atoms with Gasteiger partial charge in [-0.15, -0.1) is 0 Å². The number of aryl methyl sites for hydroxylation is 2. The number of hydrogen-bond acceptors (Lipinski definition) is 5. The second kappa shape index (κ2) is 8.71. The van der Waals surface area contributed by atoms with Gasteiger partial charge in [0.2, 0.25) is 0 Å². The quantitative estimate of drug-likeness (QED) is 0.323. The molecule has 1 amide bonds. The Balaban J connectivity index is 2.03. The number of anilines is 1. The van der Waals surface area contributed by atoms with Crippen molar-refractivity contribution < 1.29 is 19.4 Å². The number of carbonyl (C=O) groups excluding carboxylic acids is 2. The Morgan fingerprint density at radius 2 is 1.79 bits per heavy atom. The number of nitrogens with zero attached hydrogens (tertiary/aromatic N) is 2. The number of hydrogen-bond donors (Lipinski definition) is 1. The van der Waals surface area contributed by atoms with E-state index in [1.54, 1.807) is 42.7 Å². The Labute approximate surface area is 197 Å². The highest BCUT2D eigenvalue weighted by Gasteiger charge is 2.47. The number of Topliss-reactive ketones (excluding diaryl/α,β-unsaturated/α-hetero) is 1. The lowest BCUT2D eigenvalue weighted by atomic mass is 9.94. The van der Waals surface area contributed by atoms with Crippen molar-refractivity contribution in [3.8, 4) is 5.75 Å². The zero-order chi connectivity index (χ0) is 23.9. The molecular weight excluding hydrogens is 440 g/mol. The second-order valence-electron chi connectivity index (χ2n) is 8.00. The summed E-state index contributed by atoms with van der Waals surface area (Å²) in [6, 6.07) is 11.6. The third-order valence-electron chi connectivity index (χ3n) is 5.95. The van der Waals surface area contributed by atoms with E-state index >= 15 is 0 Å². The molecule has 1 aromatic heterocycles. The summed E-state index contributed by atoms with van der Waals surface area (Å²) in [4.78, 5) is 32.2. The molecule has 2 heterocycles. The first-order valence-electron chi connectivity index (χ1n) is 10.4. The van der Waals surface area contributed by atoms with Gasteiger partial charge in [-0.1, -0.05) is 23.7 Å². The molecule has 0 saturated carbocycles. The number of pyridine rings is 1. The fourth-order valence-electron chi connectivity index (χ4n) is 4.20. The highest BCUT2D eigenvalue weighted by molar-refractivity contribution is 6.52. The summed E-state index contributed by atoms with van der Waals surface area (Å²) in [7, 11) is 1.43. The molecule has 7 heteroatoms. The van der Waals surface area contributed by atoms with E-state index in [0.717, 1.165) is 16.7 Å². The van der Waals surface area contributed by atoms with Gasteiger partial charge in [0, 0.05) is 18.1 Å². The van der Waals surface area contributed by atoms with Crippen LogP contribution in [-0.4, -0.2) is 28.9 Å². The summed E-state index contributed by atoms with van der Waals surface area (Å²) in [5, 5.41) is 11.7. The van der Waals surface area contributed by atoms with E-state index in [1.165, 1.54) is 12.0 Å². The van der Waals surface area contributed by atoms with Crippen molar-refractivity contribution in [2.24, 2.45) is 0 Å². The first kappa shape index (κ1) is 22.6. The normalized spacial score (nSPS) is 17.5. The van der Waals surface area contributed by atoms with Crippen molar-refractivity contribution in [3.63, 3.8) is 0 Å². The maximum absolute atomic E-state index is 13.4. The summed E-state index contributed by atoms with van der Waals surface area (Å²) in [5.74, 6) is -1.61. The first-order valence-corrected chi connectivity index (χ1v) is 10.8. The van der Waals surface area contributed by atoms with Gasteiger partial charge in [-0.25, -0.2) is 0 Å². The number of ketones is 1. The summed E-state index contributed by atoms with van der Waals surface area (Å²) in [5.41, 5.74) is 4.08. The van der Waals surface area contributed by atoms with Gasteiger partial charge in [-0.3, -0.25) is 19.5 Å². The minimum Gasteiger partial charge on any atom is -0.507 e. The molecule has 1 saturated heterocycles. The van der Waals surface area contributed by atoms with Crippen LogP contribution in [0.5, 0.6) is 5.75 Å². The number of carbonyl (C=O) groups is 2. The molecule has 0 spiro atoms. The van der Waals surface area contributed by atoms with Gasteiger partial charge in [0.1, 0.15) is 11.5 Å². The summed E-state index contributed by atoms with van der Waals surface area (Å²) in [6.45, 7) is 5.66. The molecule has 168 valence electrons. The molecule has 2 aromatic carbocycles. The van der Waals surface area contributed by atoms with E-state index in [2.05, 4.69) is 4.98 Å². The molecule has 0 aliphatic carbocycles. The van der Waals surface area contributed by atoms with Crippen LogP contribution in [0.25, 0.3) is 5.76 Å². The van der Waals surface area contributed by atoms with Gasteiger partial charge >= 0.3 is 0 Å². The number of ether oxygens (including phenoxy) is 1. The molecule has 1 atom stereocenters. The van der Waals surface area contributed by atoms with Gasteiger partial charge in [-0.2, -0.15) is 0 Å². The molecule has 0 bridgehead atoms. The predicted octanol–water partition coefficient (Wildman–Crippen LogP) is 5.30. The van der Waals surface area contributed by atoms with Crippen LogP contribution in [0.4, 0.5) is 5.69 Å². The van der Waals surface area contributed by atoms with E-state index in [0.29, 0.717) is 16.3 Å². The van der Waals surface area contributed by atoms with Gasteiger partial charge in [0.05, 0.1) is 29.3 Å². The minimum atomic E-state index is -0.850. The van der Waals surface area contributed by atoms with E-state index < -0.39 is 17.7 Å². The van der Waals surface area contributed by atoms with E-state index in [1.807, 2.05) is 32.9 Å². The van der Waals surface area contributed by atoms with Crippen molar-refractivity contribution >= 4 is 34.7 Å². The second-order valence-corrected chi connectivity index (χ2v) is 8.40. The first-order chi connectivity index (χ1) is 15.8. The number of aliphatic hydroxyl groups is 1. The zero-order valence-corrected chi connectivity index (χ0v) is 19.5. The molecule has 1 N–H and O–H groups in total. The summed E-state index contributed by atoms with van der Waals surface area (Å²) in [6.07, 6.45) is 3.17. The SMILES string of the molecule is COc1c(Cl)cc(C)cc1/C(O)=C1\C(=O)C(=O)N(c2cccc(C)c2C)C1c1ccncc1. The number of benzene rings is 2. The Bertz CT molecular complexity index is 1300. The van der Waals surface area contributed by atoms with Crippen molar-refractivity contribution in [2.75, 3.05) is 12.0 Å². The fourth-order valence-corrected chi connectivity index (χ4v) is 4.55. The Kier molecular flexibility index (Phi) is 5.95. The number of methoxy groups -OCH3 is 1. The van der Waals surface area contributed by atoms with E-state index in [-0.39, 0.29) is 22.6 Å². The van der Waals surface area contributed by atoms with Crippen LogP contribution in [0.3, 0.4) is 0 Å². The number of rotatable bonds is 4. The molecule has 1 fully saturated rings. The lowest BCUT2D eigenvalue weighted by molar-refractivity contribution is -0.132. The highest BCUT2D eigenvalue weighted by atomic mass is 35.5.